The Morgan fingerprint density at radius 1 is 0.952 bits per heavy atom. The third kappa shape index (κ3) is 5.78. The molecule has 2 aromatic rings. The fourth-order valence-corrected chi connectivity index (χ4v) is 1.80. The summed E-state index contributed by atoms with van der Waals surface area (Å²) in [6.45, 7) is 0. The van der Waals surface area contributed by atoms with Crippen molar-refractivity contribution in [1.29, 1.82) is 0 Å². The zero-order valence-corrected chi connectivity index (χ0v) is 11.5. The van der Waals surface area contributed by atoms with Crippen molar-refractivity contribution >= 4 is 12.1 Å². The molecule has 21 heavy (non-hydrogen) atoms. The van der Waals surface area contributed by atoms with Crippen LogP contribution in [0.2, 0.25) is 0 Å². The summed E-state index contributed by atoms with van der Waals surface area (Å²) in [7, 11) is 1.40. The Balaban J connectivity index is 0.000000491. The fourth-order valence-electron chi connectivity index (χ4n) is 1.80. The molecule has 0 aliphatic heterocycles. The van der Waals surface area contributed by atoms with Crippen molar-refractivity contribution in [2.24, 2.45) is 0 Å². The number of carbonyl (C=O) groups is 2. The summed E-state index contributed by atoms with van der Waals surface area (Å²) in [6.07, 6.45) is -1.09. The van der Waals surface area contributed by atoms with Gasteiger partial charge in [0, 0.05) is 0 Å². The minimum Gasteiger partial charge on any atom is -0.465 e. The van der Waals surface area contributed by atoms with E-state index in [2.05, 4.69) is 0 Å². The van der Waals surface area contributed by atoms with Crippen LogP contribution in [0.1, 0.15) is 21.5 Å². The molecule has 0 bridgehead atoms. The molecule has 0 radical (unpaired) electrons. The maximum absolute atomic E-state index is 11.6. The molecule has 110 valence electrons. The first-order valence-corrected chi connectivity index (χ1v) is 6.16. The van der Waals surface area contributed by atoms with Crippen molar-refractivity contribution in [3.8, 4) is 0 Å². The van der Waals surface area contributed by atoms with E-state index >= 15 is 0 Å². The molecule has 0 amide bonds. The van der Waals surface area contributed by atoms with E-state index in [4.69, 9.17) is 19.7 Å². The van der Waals surface area contributed by atoms with Crippen LogP contribution in [0.4, 0.5) is 4.79 Å². The van der Waals surface area contributed by atoms with Crippen molar-refractivity contribution in [1.82, 2.24) is 0 Å². The molecule has 0 aliphatic rings. The summed E-state index contributed by atoms with van der Waals surface area (Å²) in [5.74, 6) is -0.281. The van der Waals surface area contributed by atoms with Gasteiger partial charge in [-0.3, -0.25) is 0 Å². The topological polar surface area (TPSA) is 83.8 Å². The van der Waals surface area contributed by atoms with E-state index in [9.17, 15) is 4.79 Å². The van der Waals surface area contributed by atoms with E-state index in [-0.39, 0.29) is 5.97 Å². The fraction of sp³-hybridized carbons (Fsp3) is 0.125. The minimum absolute atomic E-state index is 0.281. The molecule has 5 heteroatoms. The second-order valence-electron chi connectivity index (χ2n) is 4.09. The standard InChI is InChI=1S/C15H14O2.CH2O3/c1-17-15(16)14-10-6-5-9-13(14)11-12-7-3-2-4-8-12;2-1(3)4/h2-10H,11H2,1H3;(H2,2,3,4). The number of ether oxygens (including phenoxy) is 1. The normalized spacial score (nSPS) is 9.19. The monoisotopic (exact) mass is 288 g/mol. The molecule has 0 aromatic heterocycles. The maximum atomic E-state index is 11.6. The van der Waals surface area contributed by atoms with Gasteiger partial charge in [-0.2, -0.15) is 0 Å². The van der Waals surface area contributed by atoms with Crippen LogP contribution in [0.25, 0.3) is 0 Å². The van der Waals surface area contributed by atoms with E-state index in [1.807, 2.05) is 48.5 Å². The molecule has 2 aromatic carbocycles. The summed E-state index contributed by atoms with van der Waals surface area (Å²) in [5, 5.41) is 13.9. The van der Waals surface area contributed by atoms with Crippen LogP contribution in [-0.2, 0) is 11.2 Å². The number of hydrogen-bond acceptors (Lipinski definition) is 3. The zero-order chi connectivity index (χ0) is 15.7. The van der Waals surface area contributed by atoms with Gasteiger partial charge in [-0.25, -0.2) is 9.59 Å². The molecule has 2 N–H and O–H groups in total. The number of methoxy groups -OCH3 is 1. The Morgan fingerprint density at radius 2 is 1.48 bits per heavy atom. The molecule has 2 rings (SSSR count). The lowest BCUT2D eigenvalue weighted by Gasteiger charge is -2.07. The van der Waals surface area contributed by atoms with Crippen LogP contribution < -0.4 is 0 Å². The maximum Gasteiger partial charge on any atom is 0.503 e. The molecular weight excluding hydrogens is 272 g/mol. The Labute approximate surface area is 122 Å². The number of carboxylic acid groups (broad SMARTS) is 2. The third-order valence-electron chi connectivity index (χ3n) is 2.66. The summed E-state index contributed by atoms with van der Waals surface area (Å²) in [5.41, 5.74) is 2.81. The zero-order valence-electron chi connectivity index (χ0n) is 11.5. The molecular formula is C16H16O5. The second-order valence-corrected chi connectivity index (χ2v) is 4.09. The predicted molar refractivity (Wildman–Crippen MR) is 77.7 cm³/mol. The highest BCUT2D eigenvalue weighted by atomic mass is 16.6. The van der Waals surface area contributed by atoms with Gasteiger partial charge in [-0.15, -0.1) is 0 Å². The third-order valence-corrected chi connectivity index (χ3v) is 2.66. The summed E-state index contributed by atoms with van der Waals surface area (Å²) in [4.78, 5) is 20.2. The lowest BCUT2D eigenvalue weighted by molar-refractivity contribution is 0.0599. The Morgan fingerprint density at radius 3 is 2.05 bits per heavy atom. The molecule has 0 aliphatic carbocycles. The smallest absolute Gasteiger partial charge is 0.465 e. The number of rotatable bonds is 3. The van der Waals surface area contributed by atoms with Gasteiger partial charge >= 0.3 is 12.1 Å². The summed E-state index contributed by atoms with van der Waals surface area (Å²) in [6, 6.07) is 17.6. The van der Waals surface area contributed by atoms with E-state index < -0.39 is 6.16 Å². The highest BCUT2D eigenvalue weighted by molar-refractivity contribution is 5.91. The summed E-state index contributed by atoms with van der Waals surface area (Å²) >= 11 is 0. The first-order chi connectivity index (χ1) is 10.0. The molecule has 0 fully saturated rings. The SMILES string of the molecule is COC(=O)c1ccccc1Cc1ccccc1.O=C(O)O. The number of benzene rings is 2. The predicted octanol–water partition coefficient (Wildman–Crippen LogP) is 3.29. The Bertz CT molecular complexity index is 589. The second kappa shape index (κ2) is 8.37. The first-order valence-electron chi connectivity index (χ1n) is 6.16. The lowest BCUT2D eigenvalue weighted by atomic mass is 10.00. The van der Waals surface area contributed by atoms with Gasteiger partial charge in [-0.05, 0) is 23.6 Å². The van der Waals surface area contributed by atoms with Crippen molar-refractivity contribution in [3.63, 3.8) is 0 Å². The van der Waals surface area contributed by atoms with Gasteiger partial charge in [0.1, 0.15) is 0 Å². The van der Waals surface area contributed by atoms with Crippen molar-refractivity contribution in [2.45, 2.75) is 6.42 Å². The van der Waals surface area contributed by atoms with Crippen LogP contribution >= 0.6 is 0 Å². The average molecular weight is 288 g/mol. The lowest BCUT2D eigenvalue weighted by Crippen LogP contribution is -2.05. The highest BCUT2D eigenvalue weighted by Gasteiger charge is 2.10. The van der Waals surface area contributed by atoms with E-state index in [0.717, 1.165) is 12.0 Å². The van der Waals surface area contributed by atoms with Crippen LogP contribution in [0.15, 0.2) is 54.6 Å². The van der Waals surface area contributed by atoms with Crippen molar-refractivity contribution in [2.75, 3.05) is 7.11 Å². The van der Waals surface area contributed by atoms with E-state index in [1.54, 1.807) is 6.07 Å². The van der Waals surface area contributed by atoms with Gasteiger partial charge in [-0.1, -0.05) is 48.5 Å². The molecule has 5 nitrogen and oxygen atoms in total. The Kier molecular flexibility index (Phi) is 6.47. The molecule has 0 atom stereocenters. The molecule has 0 spiro atoms. The van der Waals surface area contributed by atoms with Gasteiger partial charge in [0.15, 0.2) is 0 Å². The molecule has 0 unspecified atom stereocenters. The van der Waals surface area contributed by atoms with Crippen molar-refractivity contribution < 1.29 is 24.5 Å². The van der Waals surface area contributed by atoms with E-state index in [0.29, 0.717) is 5.56 Å². The van der Waals surface area contributed by atoms with Crippen LogP contribution in [0, 0.1) is 0 Å². The van der Waals surface area contributed by atoms with Gasteiger partial charge in [0.25, 0.3) is 0 Å². The van der Waals surface area contributed by atoms with Crippen molar-refractivity contribution in [3.05, 3.63) is 71.3 Å². The van der Waals surface area contributed by atoms with E-state index in [1.165, 1.54) is 12.7 Å². The van der Waals surface area contributed by atoms with Gasteiger partial charge in [0.05, 0.1) is 12.7 Å². The molecule has 0 heterocycles. The number of hydrogen-bond donors (Lipinski definition) is 2. The minimum atomic E-state index is -1.83. The van der Waals surface area contributed by atoms with Crippen LogP contribution in [0.5, 0.6) is 0 Å². The highest BCUT2D eigenvalue weighted by Crippen LogP contribution is 2.15. The molecule has 0 saturated carbocycles. The van der Waals surface area contributed by atoms with Crippen LogP contribution in [0.3, 0.4) is 0 Å². The van der Waals surface area contributed by atoms with Crippen LogP contribution in [-0.4, -0.2) is 29.4 Å². The molecule has 0 saturated heterocycles. The average Bonchev–Trinajstić information content (AvgIpc) is 2.47. The largest absolute Gasteiger partial charge is 0.503 e. The van der Waals surface area contributed by atoms with Gasteiger partial charge in [0.2, 0.25) is 0 Å². The Hall–Kier alpha value is -2.82. The first kappa shape index (κ1) is 16.2. The number of carbonyl (C=O) groups excluding carboxylic acids is 1. The number of esters is 1. The quantitative estimate of drug-likeness (QED) is 0.847. The summed E-state index contributed by atoms with van der Waals surface area (Å²) < 4.78 is 4.78. The van der Waals surface area contributed by atoms with Gasteiger partial charge < -0.3 is 14.9 Å².